The number of aromatic nitrogens is 5. The van der Waals surface area contributed by atoms with Gasteiger partial charge in [0.25, 0.3) is 11.5 Å². The largest absolute Gasteiger partial charge is 0.336 e. The molecular formula is C27H26BrCl2N7O2. The zero-order valence-corrected chi connectivity index (χ0v) is 24.7. The number of piperazine rings is 1. The van der Waals surface area contributed by atoms with Crippen LogP contribution < -0.4 is 5.56 Å². The molecule has 12 heteroatoms. The van der Waals surface area contributed by atoms with E-state index in [9.17, 15) is 9.59 Å². The van der Waals surface area contributed by atoms with Crippen molar-refractivity contribution in [1.29, 1.82) is 0 Å². The van der Waals surface area contributed by atoms with Gasteiger partial charge in [0.15, 0.2) is 0 Å². The van der Waals surface area contributed by atoms with Gasteiger partial charge in [-0.15, -0.1) is 5.10 Å². The second kappa shape index (κ2) is 10.8. The molecule has 39 heavy (non-hydrogen) atoms. The van der Waals surface area contributed by atoms with E-state index in [1.165, 1.54) is 6.20 Å². The standard InChI is InChI=1S/C27H26BrCl2N7O2/c1-17-12-19(28)14-21(13-17)36-16-23(32-33-36)27(2,3)35-10-8-34(9-11-35)25(38)18-4-6-20(7-5-18)37-26(39)24(30)22(29)15-31-37/h4-7,12-16H,8-11H2,1-3H3. The lowest BCUT2D eigenvalue weighted by molar-refractivity contribution is 0.0378. The number of halogens is 3. The monoisotopic (exact) mass is 629 g/mol. The van der Waals surface area contributed by atoms with E-state index in [4.69, 9.17) is 23.2 Å². The SMILES string of the molecule is Cc1cc(Br)cc(-n2cc(C(C)(C)N3CCN(C(=O)c4ccc(-n5ncc(Cl)c(Cl)c5=O)cc4)CC3)nn2)c1. The fourth-order valence-corrected chi connectivity index (χ4v) is 5.52. The Labute approximate surface area is 244 Å². The molecule has 0 saturated carbocycles. The number of rotatable bonds is 5. The van der Waals surface area contributed by atoms with E-state index in [0.717, 1.165) is 26.1 Å². The van der Waals surface area contributed by atoms with Gasteiger partial charge in [0, 0.05) is 36.2 Å². The van der Waals surface area contributed by atoms with E-state index in [0.29, 0.717) is 37.4 Å². The molecule has 5 rings (SSSR count). The van der Waals surface area contributed by atoms with Crippen LogP contribution in [0.25, 0.3) is 11.4 Å². The van der Waals surface area contributed by atoms with Crippen LogP contribution in [0.1, 0.15) is 35.5 Å². The molecule has 0 bridgehead atoms. The third-order valence-electron chi connectivity index (χ3n) is 7.00. The van der Waals surface area contributed by atoms with Crippen LogP contribution in [0.4, 0.5) is 0 Å². The van der Waals surface area contributed by atoms with E-state index < -0.39 is 5.56 Å². The van der Waals surface area contributed by atoms with Gasteiger partial charge in [-0.1, -0.05) is 44.3 Å². The van der Waals surface area contributed by atoms with Crippen molar-refractivity contribution in [3.8, 4) is 11.4 Å². The number of carbonyl (C=O) groups excluding carboxylic acids is 1. The lowest BCUT2D eigenvalue weighted by Gasteiger charge is -2.43. The van der Waals surface area contributed by atoms with Crippen LogP contribution in [0.3, 0.4) is 0 Å². The summed E-state index contributed by atoms with van der Waals surface area (Å²) in [4.78, 5) is 29.7. The van der Waals surface area contributed by atoms with E-state index >= 15 is 0 Å². The summed E-state index contributed by atoms with van der Waals surface area (Å²) in [5.74, 6) is -0.0654. The van der Waals surface area contributed by atoms with E-state index in [1.54, 1.807) is 28.9 Å². The Bertz CT molecular complexity index is 1570. The summed E-state index contributed by atoms with van der Waals surface area (Å²) in [5, 5.41) is 12.9. The highest BCUT2D eigenvalue weighted by Crippen LogP contribution is 2.28. The van der Waals surface area contributed by atoms with Gasteiger partial charge in [0.1, 0.15) is 10.7 Å². The van der Waals surface area contributed by atoms with Crippen LogP contribution in [0.5, 0.6) is 0 Å². The highest BCUT2D eigenvalue weighted by molar-refractivity contribution is 9.10. The van der Waals surface area contributed by atoms with Crippen molar-refractivity contribution in [1.82, 2.24) is 34.6 Å². The number of aryl methyl sites for hydroxylation is 1. The Morgan fingerprint density at radius 3 is 2.36 bits per heavy atom. The maximum atomic E-state index is 13.2. The van der Waals surface area contributed by atoms with Crippen molar-refractivity contribution in [3.63, 3.8) is 0 Å². The van der Waals surface area contributed by atoms with Gasteiger partial charge in [-0.2, -0.15) is 9.78 Å². The number of carbonyl (C=O) groups is 1. The topological polar surface area (TPSA) is 89.1 Å². The summed E-state index contributed by atoms with van der Waals surface area (Å²) < 4.78 is 3.93. The molecule has 0 spiro atoms. The molecule has 1 aliphatic heterocycles. The molecule has 2 aromatic carbocycles. The summed E-state index contributed by atoms with van der Waals surface area (Å²) in [6.45, 7) is 8.85. The first kappa shape index (κ1) is 27.5. The maximum Gasteiger partial charge on any atom is 0.291 e. The quantitative estimate of drug-likeness (QED) is 0.312. The van der Waals surface area contributed by atoms with Crippen LogP contribution in [0, 0.1) is 6.92 Å². The lowest BCUT2D eigenvalue weighted by Crippen LogP contribution is -2.54. The summed E-state index contributed by atoms with van der Waals surface area (Å²) >= 11 is 15.4. The minimum atomic E-state index is -0.520. The molecule has 1 fully saturated rings. The smallest absolute Gasteiger partial charge is 0.291 e. The second-order valence-electron chi connectivity index (χ2n) is 9.94. The molecule has 0 radical (unpaired) electrons. The van der Waals surface area contributed by atoms with Crippen LogP contribution in [-0.4, -0.2) is 66.7 Å². The number of nitrogens with zero attached hydrogens (tertiary/aromatic N) is 7. The molecule has 0 N–H and O–H groups in total. The minimum Gasteiger partial charge on any atom is -0.336 e. The molecule has 1 amide bonds. The predicted molar refractivity (Wildman–Crippen MR) is 154 cm³/mol. The molecule has 0 unspecified atom stereocenters. The maximum absolute atomic E-state index is 13.2. The Balaban J connectivity index is 1.25. The molecule has 202 valence electrons. The summed E-state index contributed by atoms with van der Waals surface area (Å²) in [5.41, 5.74) is 3.08. The van der Waals surface area contributed by atoms with Crippen molar-refractivity contribution in [2.24, 2.45) is 0 Å². The van der Waals surface area contributed by atoms with E-state index in [1.807, 2.05) is 24.1 Å². The number of benzene rings is 2. The minimum absolute atomic E-state index is 0.0654. The third kappa shape index (κ3) is 5.51. The van der Waals surface area contributed by atoms with Gasteiger partial charge in [0.05, 0.1) is 34.3 Å². The molecule has 2 aromatic heterocycles. The van der Waals surface area contributed by atoms with Crippen molar-refractivity contribution in [3.05, 3.63) is 96.6 Å². The van der Waals surface area contributed by atoms with Crippen LogP contribution in [0.15, 0.2) is 64.1 Å². The van der Waals surface area contributed by atoms with Crippen LogP contribution >= 0.6 is 39.1 Å². The average Bonchev–Trinajstić information content (AvgIpc) is 3.43. The van der Waals surface area contributed by atoms with Gasteiger partial charge in [-0.05, 0) is 68.8 Å². The van der Waals surface area contributed by atoms with Crippen molar-refractivity contribution in [2.45, 2.75) is 26.3 Å². The fraction of sp³-hybridized carbons (Fsp3) is 0.296. The normalized spacial score (nSPS) is 14.6. The molecule has 9 nitrogen and oxygen atoms in total. The fourth-order valence-electron chi connectivity index (χ4n) is 4.67. The highest BCUT2D eigenvalue weighted by Gasteiger charge is 2.35. The van der Waals surface area contributed by atoms with Crippen molar-refractivity contribution < 1.29 is 4.79 Å². The van der Waals surface area contributed by atoms with Crippen LogP contribution in [0.2, 0.25) is 10.0 Å². The zero-order valence-electron chi connectivity index (χ0n) is 21.6. The first-order valence-electron chi connectivity index (χ1n) is 12.3. The second-order valence-corrected chi connectivity index (χ2v) is 11.6. The number of hydrogen-bond donors (Lipinski definition) is 0. The summed E-state index contributed by atoms with van der Waals surface area (Å²) in [6, 6.07) is 12.8. The van der Waals surface area contributed by atoms with Gasteiger partial charge < -0.3 is 4.90 Å². The first-order chi connectivity index (χ1) is 18.5. The first-order valence-corrected chi connectivity index (χ1v) is 13.9. The van der Waals surface area contributed by atoms with Gasteiger partial charge in [-0.3, -0.25) is 14.5 Å². The molecule has 1 aliphatic rings. The third-order valence-corrected chi connectivity index (χ3v) is 8.21. The van der Waals surface area contributed by atoms with E-state index in [2.05, 4.69) is 62.2 Å². The van der Waals surface area contributed by atoms with Gasteiger partial charge in [-0.25, -0.2) is 4.68 Å². The molecule has 0 atom stereocenters. The highest BCUT2D eigenvalue weighted by atomic mass is 79.9. The molecule has 4 aromatic rings. The summed E-state index contributed by atoms with van der Waals surface area (Å²) in [6.07, 6.45) is 3.28. The molecule has 1 saturated heterocycles. The van der Waals surface area contributed by atoms with E-state index in [-0.39, 0.29) is 21.5 Å². The Morgan fingerprint density at radius 1 is 1.00 bits per heavy atom. The molecule has 0 aliphatic carbocycles. The molecule has 3 heterocycles. The lowest BCUT2D eigenvalue weighted by atomic mass is 9.97. The Hall–Kier alpha value is -3.05. The Morgan fingerprint density at radius 2 is 1.69 bits per heavy atom. The van der Waals surface area contributed by atoms with Crippen molar-refractivity contribution >= 4 is 45.0 Å². The number of hydrogen-bond acceptors (Lipinski definition) is 6. The number of amides is 1. The van der Waals surface area contributed by atoms with Gasteiger partial charge in [0.2, 0.25) is 0 Å². The predicted octanol–water partition coefficient (Wildman–Crippen LogP) is 4.88. The van der Waals surface area contributed by atoms with Gasteiger partial charge >= 0.3 is 0 Å². The van der Waals surface area contributed by atoms with Crippen molar-refractivity contribution in [2.75, 3.05) is 26.2 Å². The zero-order chi connectivity index (χ0) is 27.9. The average molecular weight is 631 g/mol. The Kier molecular flexibility index (Phi) is 7.65. The molecular weight excluding hydrogens is 605 g/mol. The summed E-state index contributed by atoms with van der Waals surface area (Å²) in [7, 11) is 0. The van der Waals surface area contributed by atoms with Crippen LogP contribution in [-0.2, 0) is 5.54 Å².